The highest BCUT2D eigenvalue weighted by Gasteiger charge is 2.34. The number of piperidine rings is 1. The first kappa shape index (κ1) is 27.5. The zero-order valence-electron chi connectivity index (χ0n) is 21.9. The first-order valence-electron chi connectivity index (χ1n) is 13.5. The van der Waals surface area contributed by atoms with Crippen molar-refractivity contribution in [1.82, 2.24) is 4.90 Å². The maximum absolute atomic E-state index is 12.6. The van der Waals surface area contributed by atoms with E-state index in [2.05, 4.69) is 68.5 Å². The summed E-state index contributed by atoms with van der Waals surface area (Å²) in [6.07, 6.45) is -0.857. The molecule has 1 saturated heterocycles. The van der Waals surface area contributed by atoms with Gasteiger partial charge in [0.2, 0.25) is 6.54 Å². The Bertz CT molecular complexity index is 1310. The summed E-state index contributed by atoms with van der Waals surface area (Å²) in [6.45, 7) is 1.07. The van der Waals surface area contributed by atoms with Crippen LogP contribution in [0.4, 0.5) is 18.9 Å². The molecule has 0 saturated carbocycles. The smallest absolute Gasteiger partial charge is 0.406 e. The van der Waals surface area contributed by atoms with Crippen molar-refractivity contribution in [1.29, 1.82) is 0 Å². The minimum Gasteiger partial charge on any atom is -0.406 e. The van der Waals surface area contributed by atoms with E-state index in [4.69, 9.17) is 0 Å². The van der Waals surface area contributed by atoms with E-state index < -0.39 is 11.3 Å². The number of rotatable bonds is 6. The minimum atomic E-state index is -4.78. The maximum atomic E-state index is 12.6. The average molecular weight is 553 g/mol. The Balaban J connectivity index is 1.41. The van der Waals surface area contributed by atoms with Crippen LogP contribution in [-0.2, 0) is 12.8 Å². The Morgan fingerprint density at radius 3 is 2.23 bits per heavy atom. The van der Waals surface area contributed by atoms with Crippen LogP contribution in [0, 0.1) is 16.0 Å². The van der Waals surface area contributed by atoms with Crippen LogP contribution in [0.25, 0.3) is 0 Å². The largest absolute Gasteiger partial charge is 0.573 e. The molecule has 40 heavy (non-hydrogen) atoms. The first-order valence-corrected chi connectivity index (χ1v) is 13.5. The molecule has 1 heterocycles. The van der Waals surface area contributed by atoms with Crippen LogP contribution < -0.4 is 10.1 Å². The molecule has 2 aliphatic rings. The van der Waals surface area contributed by atoms with Crippen molar-refractivity contribution < 1.29 is 22.8 Å². The number of benzene rings is 3. The van der Waals surface area contributed by atoms with Gasteiger partial charge in [0.1, 0.15) is 12.3 Å². The van der Waals surface area contributed by atoms with Gasteiger partial charge in [-0.05, 0) is 78.1 Å². The van der Waals surface area contributed by atoms with Gasteiger partial charge in [-0.1, -0.05) is 48.5 Å². The van der Waals surface area contributed by atoms with Crippen LogP contribution in [0.15, 0.2) is 77.8 Å². The standard InChI is InChI=1S/C30H31F3N4O3/c31-30(32,33)40-25-15-13-24(14-16-25)35-29(34-17-19-37(38)39)36-18-5-8-23(20-36)28-26-9-3-1-6-21(26)11-12-22-7-2-4-10-27(22)28/h1-4,6-7,9-10,13-16,23,28H,5,8,11-12,17-20H2,(H,34,35). The second-order valence-electron chi connectivity index (χ2n) is 10.2. The van der Waals surface area contributed by atoms with Crippen molar-refractivity contribution in [2.45, 2.75) is 38.0 Å². The lowest BCUT2D eigenvalue weighted by atomic mass is 9.75. The monoisotopic (exact) mass is 552 g/mol. The maximum Gasteiger partial charge on any atom is 0.573 e. The second kappa shape index (κ2) is 12.0. The molecule has 1 fully saturated rings. The lowest BCUT2D eigenvalue weighted by Gasteiger charge is -2.39. The lowest BCUT2D eigenvalue weighted by molar-refractivity contribution is -0.476. The Kier molecular flexibility index (Phi) is 8.23. The Morgan fingerprint density at radius 2 is 1.62 bits per heavy atom. The Hall–Kier alpha value is -4.08. The normalized spacial score (nSPS) is 17.9. The fourth-order valence-corrected chi connectivity index (χ4v) is 5.87. The molecule has 0 radical (unpaired) electrons. The fraction of sp³-hybridized carbons (Fsp3) is 0.367. The third kappa shape index (κ3) is 6.73. The second-order valence-corrected chi connectivity index (χ2v) is 10.2. The zero-order valence-corrected chi connectivity index (χ0v) is 21.9. The van der Waals surface area contributed by atoms with Crippen molar-refractivity contribution in [3.63, 3.8) is 0 Å². The predicted molar refractivity (Wildman–Crippen MR) is 147 cm³/mol. The molecule has 210 valence electrons. The van der Waals surface area contributed by atoms with Gasteiger partial charge in [0.15, 0.2) is 5.96 Å². The molecule has 1 aliphatic heterocycles. The van der Waals surface area contributed by atoms with Crippen LogP contribution in [0.1, 0.15) is 41.0 Å². The van der Waals surface area contributed by atoms with Crippen LogP contribution >= 0.6 is 0 Å². The number of fused-ring (bicyclic) bond motifs is 2. The Morgan fingerprint density at radius 1 is 1.00 bits per heavy atom. The van der Waals surface area contributed by atoms with Crippen molar-refractivity contribution in [3.05, 3.63) is 105 Å². The number of anilines is 1. The molecular formula is C30H31F3N4O3. The van der Waals surface area contributed by atoms with E-state index in [9.17, 15) is 23.3 Å². The van der Waals surface area contributed by atoms with Crippen LogP contribution in [0.3, 0.4) is 0 Å². The van der Waals surface area contributed by atoms with E-state index in [0.717, 1.165) is 25.7 Å². The molecule has 1 aliphatic carbocycles. The van der Waals surface area contributed by atoms with E-state index >= 15 is 0 Å². The first-order chi connectivity index (χ1) is 19.3. The number of ether oxygens (including phenoxy) is 1. The molecule has 0 bridgehead atoms. The molecular weight excluding hydrogens is 521 g/mol. The lowest BCUT2D eigenvalue weighted by Crippen LogP contribution is -2.45. The molecule has 10 heteroatoms. The number of hydrogen-bond donors (Lipinski definition) is 1. The summed E-state index contributed by atoms with van der Waals surface area (Å²) in [7, 11) is 0. The minimum absolute atomic E-state index is 0.0130. The zero-order chi connectivity index (χ0) is 28.1. The fourth-order valence-electron chi connectivity index (χ4n) is 5.87. The van der Waals surface area contributed by atoms with Gasteiger partial charge in [0.25, 0.3) is 0 Å². The summed E-state index contributed by atoms with van der Waals surface area (Å²) in [5.41, 5.74) is 5.93. The van der Waals surface area contributed by atoms with Crippen LogP contribution in [-0.4, -0.2) is 48.3 Å². The highest BCUT2D eigenvalue weighted by atomic mass is 19.4. The number of nitrogens with one attached hydrogen (secondary N) is 1. The molecule has 5 rings (SSSR count). The van der Waals surface area contributed by atoms with Gasteiger partial charge in [-0.15, -0.1) is 13.2 Å². The van der Waals surface area contributed by atoms with E-state index in [1.807, 2.05) is 0 Å². The number of guanidine groups is 1. The summed E-state index contributed by atoms with van der Waals surface area (Å²) in [5.74, 6) is 0.635. The van der Waals surface area contributed by atoms with Gasteiger partial charge in [0.05, 0.1) is 0 Å². The highest BCUT2D eigenvalue weighted by Crippen LogP contribution is 2.42. The molecule has 1 atom stereocenters. The number of likely N-dealkylation sites (tertiary alicyclic amines) is 1. The summed E-state index contributed by atoms with van der Waals surface area (Å²) in [4.78, 5) is 17.2. The van der Waals surface area contributed by atoms with E-state index in [0.29, 0.717) is 24.7 Å². The number of nitrogens with zero attached hydrogens (tertiary/aromatic N) is 3. The molecule has 0 amide bonds. The van der Waals surface area contributed by atoms with E-state index in [-0.39, 0.29) is 30.7 Å². The number of nitro groups is 1. The number of aliphatic imine (C=N–C) groups is 1. The van der Waals surface area contributed by atoms with Gasteiger partial charge in [-0.3, -0.25) is 10.1 Å². The van der Waals surface area contributed by atoms with E-state index in [1.54, 1.807) is 0 Å². The van der Waals surface area contributed by atoms with Gasteiger partial charge in [-0.25, -0.2) is 4.99 Å². The van der Waals surface area contributed by atoms with Crippen LogP contribution in [0.2, 0.25) is 0 Å². The summed E-state index contributed by atoms with van der Waals surface area (Å²) in [6, 6.07) is 22.7. The van der Waals surface area contributed by atoms with Crippen molar-refractivity contribution in [3.8, 4) is 5.75 Å². The third-order valence-corrected chi connectivity index (χ3v) is 7.56. The van der Waals surface area contributed by atoms with Crippen molar-refractivity contribution in [2.75, 3.05) is 31.5 Å². The van der Waals surface area contributed by atoms with Crippen LogP contribution in [0.5, 0.6) is 5.75 Å². The molecule has 3 aromatic rings. The molecule has 1 N–H and O–H groups in total. The average Bonchev–Trinajstić information content (AvgIpc) is 3.09. The quantitative estimate of drug-likeness (QED) is 0.169. The number of aryl methyl sites for hydroxylation is 2. The number of alkyl halides is 3. The van der Waals surface area contributed by atoms with Gasteiger partial charge in [-0.2, -0.15) is 0 Å². The Labute approximate surface area is 230 Å². The molecule has 7 nitrogen and oxygen atoms in total. The van der Waals surface area contributed by atoms with Gasteiger partial charge < -0.3 is 15.0 Å². The van der Waals surface area contributed by atoms with Crippen molar-refractivity contribution >= 4 is 11.6 Å². The number of hydrogen-bond acceptors (Lipinski definition) is 4. The molecule has 0 spiro atoms. The van der Waals surface area contributed by atoms with E-state index in [1.165, 1.54) is 46.5 Å². The molecule has 1 unspecified atom stereocenters. The summed E-state index contributed by atoms with van der Waals surface area (Å²) >= 11 is 0. The van der Waals surface area contributed by atoms with Gasteiger partial charge >= 0.3 is 6.36 Å². The SMILES string of the molecule is O=[N+]([O-])CCN=C(Nc1ccc(OC(F)(F)F)cc1)N1CCCC(C2c3ccccc3CCc3ccccc32)C1. The summed E-state index contributed by atoms with van der Waals surface area (Å²) < 4.78 is 41.7. The molecule has 3 aromatic carbocycles. The number of halogens is 3. The van der Waals surface area contributed by atoms with Gasteiger partial charge in [0, 0.05) is 29.6 Å². The van der Waals surface area contributed by atoms with Crippen molar-refractivity contribution in [2.24, 2.45) is 10.9 Å². The third-order valence-electron chi connectivity index (χ3n) is 7.56. The topological polar surface area (TPSA) is 80.0 Å². The molecule has 0 aromatic heterocycles. The summed E-state index contributed by atoms with van der Waals surface area (Å²) in [5, 5.41) is 14.2. The highest BCUT2D eigenvalue weighted by molar-refractivity contribution is 5.93. The predicted octanol–water partition coefficient (Wildman–Crippen LogP) is 6.27.